The number of aliphatic hydroxyl groups excluding tert-OH is 1. The molecule has 1 atom stereocenters. The van der Waals surface area contributed by atoms with Gasteiger partial charge >= 0.3 is 0 Å². The first-order chi connectivity index (χ1) is 8.22. The van der Waals surface area contributed by atoms with Gasteiger partial charge in [0, 0.05) is 6.54 Å². The zero-order valence-corrected chi connectivity index (χ0v) is 10.1. The van der Waals surface area contributed by atoms with E-state index in [1.54, 1.807) is 12.1 Å². The normalized spacial score (nSPS) is 11.9. The molecule has 0 bridgehead atoms. The van der Waals surface area contributed by atoms with Crippen LogP contribution >= 0.6 is 0 Å². The third-order valence-electron chi connectivity index (χ3n) is 2.38. The summed E-state index contributed by atoms with van der Waals surface area (Å²) >= 11 is 0. The highest BCUT2D eigenvalue weighted by Crippen LogP contribution is 2.07. The molecular formula is C13H19NO3. The molecule has 0 saturated carbocycles. The van der Waals surface area contributed by atoms with Gasteiger partial charge in [0.1, 0.15) is 5.75 Å². The molecule has 0 heterocycles. The fourth-order valence-corrected chi connectivity index (χ4v) is 1.30. The Balaban J connectivity index is 2.13. The van der Waals surface area contributed by atoms with Crippen molar-refractivity contribution < 1.29 is 14.6 Å². The maximum Gasteiger partial charge on any atom is 0.257 e. The second-order valence-electron chi connectivity index (χ2n) is 3.80. The highest BCUT2D eigenvalue weighted by Gasteiger charge is 2.04. The molecule has 0 aliphatic heterocycles. The number of carbonyl (C=O) groups excluding carboxylic acids is 1. The van der Waals surface area contributed by atoms with Gasteiger partial charge in [-0.2, -0.15) is 0 Å². The molecule has 94 valence electrons. The lowest BCUT2D eigenvalue weighted by Gasteiger charge is -2.09. The van der Waals surface area contributed by atoms with Crippen LogP contribution in [0.25, 0.3) is 0 Å². The molecule has 0 aromatic heterocycles. The van der Waals surface area contributed by atoms with Gasteiger partial charge in [-0.15, -0.1) is 0 Å². The van der Waals surface area contributed by atoms with E-state index in [4.69, 9.17) is 4.74 Å². The Hall–Kier alpha value is -1.55. The maximum atomic E-state index is 11.4. The first-order valence-electron chi connectivity index (χ1n) is 5.85. The third kappa shape index (κ3) is 5.92. The Morgan fingerprint density at radius 1 is 1.41 bits per heavy atom. The monoisotopic (exact) mass is 237 g/mol. The van der Waals surface area contributed by atoms with Gasteiger partial charge in [-0.1, -0.05) is 25.1 Å². The van der Waals surface area contributed by atoms with Gasteiger partial charge in [0.25, 0.3) is 5.91 Å². The summed E-state index contributed by atoms with van der Waals surface area (Å²) in [6, 6.07) is 9.19. The van der Waals surface area contributed by atoms with Crippen molar-refractivity contribution in [2.75, 3.05) is 13.2 Å². The summed E-state index contributed by atoms with van der Waals surface area (Å²) in [7, 11) is 0. The van der Waals surface area contributed by atoms with E-state index in [0.29, 0.717) is 25.1 Å². The maximum absolute atomic E-state index is 11.4. The number of ether oxygens (including phenoxy) is 1. The Morgan fingerprint density at radius 3 is 2.76 bits per heavy atom. The molecule has 4 nitrogen and oxygen atoms in total. The van der Waals surface area contributed by atoms with E-state index in [2.05, 4.69) is 5.32 Å². The number of rotatable bonds is 7. The molecule has 0 aliphatic rings. The molecule has 1 aromatic rings. The number of hydrogen-bond acceptors (Lipinski definition) is 3. The lowest BCUT2D eigenvalue weighted by molar-refractivity contribution is -0.123. The minimum absolute atomic E-state index is 0.00618. The lowest BCUT2D eigenvalue weighted by atomic mass is 10.2. The first kappa shape index (κ1) is 13.5. The van der Waals surface area contributed by atoms with Gasteiger partial charge in [-0.25, -0.2) is 0 Å². The topological polar surface area (TPSA) is 58.6 Å². The fraction of sp³-hybridized carbons (Fsp3) is 0.462. The molecule has 2 N–H and O–H groups in total. The number of carbonyl (C=O) groups is 1. The van der Waals surface area contributed by atoms with Crippen LogP contribution in [0.3, 0.4) is 0 Å². The molecule has 17 heavy (non-hydrogen) atoms. The van der Waals surface area contributed by atoms with Gasteiger partial charge in [-0.05, 0) is 25.0 Å². The van der Waals surface area contributed by atoms with Crippen molar-refractivity contribution in [1.82, 2.24) is 5.32 Å². The number of para-hydroxylation sites is 1. The fourth-order valence-electron chi connectivity index (χ4n) is 1.30. The zero-order chi connectivity index (χ0) is 12.5. The predicted octanol–water partition coefficient (Wildman–Crippen LogP) is 1.34. The molecule has 0 fully saturated rings. The third-order valence-corrected chi connectivity index (χ3v) is 2.38. The molecule has 1 aromatic carbocycles. The van der Waals surface area contributed by atoms with Crippen molar-refractivity contribution in [3.05, 3.63) is 30.3 Å². The van der Waals surface area contributed by atoms with Gasteiger partial charge in [0.2, 0.25) is 0 Å². The van der Waals surface area contributed by atoms with Crippen LogP contribution in [0.1, 0.15) is 19.8 Å². The van der Waals surface area contributed by atoms with Gasteiger partial charge in [-0.3, -0.25) is 4.79 Å². The van der Waals surface area contributed by atoms with Crippen LogP contribution in [0, 0.1) is 0 Å². The van der Waals surface area contributed by atoms with Crippen LogP contribution in [-0.4, -0.2) is 30.3 Å². The van der Waals surface area contributed by atoms with Gasteiger partial charge in [0.15, 0.2) is 6.61 Å². The Kier molecular flexibility index (Phi) is 6.10. The quantitative estimate of drug-likeness (QED) is 0.752. The van der Waals surface area contributed by atoms with E-state index < -0.39 is 0 Å². The van der Waals surface area contributed by atoms with Crippen LogP contribution in [-0.2, 0) is 4.79 Å². The average molecular weight is 237 g/mol. The Bertz CT molecular complexity index is 327. The first-order valence-corrected chi connectivity index (χ1v) is 5.85. The smallest absolute Gasteiger partial charge is 0.257 e. The van der Waals surface area contributed by atoms with E-state index in [-0.39, 0.29) is 18.6 Å². The summed E-state index contributed by atoms with van der Waals surface area (Å²) in [6.45, 7) is 2.39. The van der Waals surface area contributed by atoms with Gasteiger partial charge in [0.05, 0.1) is 6.10 Å². The number of amides is 1. The predicted molar refractivity (Wildman–Crippen MR) is 65.9 cm³/mol. The average Bonchev–Trinajstić information content (AvgIpc) is 2.37. The highest BCUT2D eigenvalue weighted by molar-refractivity contribution is 5.77. The second-order valence-corrected chi connectivity index (χ2v) is 3.80. The van der Waals surface area contributed by atoms with E-state index in [1.165, 1.54) is 0 Å². The van der Waals surface area contributed by atoms with Crippen molar-refractivity contribution in [2.45, 2.75) is 25.9 Å². The zero-order valence-electron chi connectivity index (χ0n) is 10.1. The lowest BCUT2D eigenvalue weighted by Crippen LogP contribution is -2.31. The van der Waals surface area contributed by atoms with Crippen molar-refractivity contribution in [2.24, 2.45) is 0 Å². The number of aliphatic hydroxyl groups is 1. The van der Waals surface area contributed by atoms with Gasteiger partial charge < -0.3 is 15.2 Å². The van der Waals surface area contributed by atoms with E-state index in [1.807, 2.05) is 25.1 Å². The molecule has 0 radical (unpaired) electrons. The Labute approximate surface area is 102 Å². The molecular weight excluding hydrogens is 218 g/mol. The largest absolute Gasteiger partial charge is 0.484 e. The minimum atomic E-state index is -0.342. The number of benzene rings is 1. The summed E-state index contributed by atoms with van der Waals surface area (Å²) in [5.74, 6) is 0.508. The SMILES string of the molecule is CCC(O)CCNC(=O)COc1ccccc1. The molecule has 1 unspecified atom stereocenters. The molecule has 0 saturated heterocycles. The van der Waals surface area contributed by atoms with E-state index in [0.717, 1.165) is 0 Å². The Morgan fingerprint density at radius 2 is 2.12 bits per heavy atom. The van der Waals surface area contributed by atoms with Crippen LogP contribution in [0.2, 0.25) is 0 Å². The second kappa shape index (κ2) is 7.68. The van der Waals surface area contributed by atoms with Crippen molar-refractivity contribution in [3.63, 3.8) is 0 Å². The summed E-state index contributed by atoms with van der Waals surface area (Å²) in [5, 5.41) is 12.0. The number of nitrogens with one attached hydrogen (secondary N) is 1. The van der Waals surface area contributed by atoms with E-state index >= 15 is 0 Å². The van der Waals surface area contributed by atoms with E-state index in [9.17, 15) is 9.90 Å². The van der Waals surface area contributed by atoms with Crippen LogP contribution in [0.5, 0.6) is 5.75 Å². The van der Waals surface area contributed by atoms with Crippen LogP contribution in [0.4, 0.5) is 0 Å². The standard InChI is InChI=1S/C13H19NO3/c1-2-11(15)8-9-14-13(16)10-17-12-6-4-3-5-7-12/h3-7,11,15H,2,8-10H2,1H3,(H,14,16). The molecule has 4 heteroatoms. The molecule has 1 amide bonds. The van der Waals surface area contributed by atoms with Crippen LogP contribution < -0.4 is 10.1 Å². The summed E-state index contributed by atoms with van der Waals surface area (Å²) < 4.78 is 5.28. The molecule has 1 rings (SSSR count). The van der Waals surface area contributed by atoms with Crippen molar-refractivity contribution in [1.29, 1.82) is 0 Å². The summed E-state index contributed by atoms with van der Waals surface area (Å²) in [6.07, 6.45) is 0.939. The number of hydrogen-bond donors (Lipinski definition) is 2. The molecule has 0 aliphatic carbocycles. The van der Waals surface area contributed by atoms with Crippen molar-refractivity contribution in [3.8, 4) is 5.75 Å². The molecule has 0 spiro atoms. The minimum Gasteiger partial charge on any atom is -0.484 e. The highest BCUT2D eigenvalue weighted by atomic mass is 16.5. The summed E-state index contributed by atoms with van der Waals surface area (Å²) in [4.78, 5) is 11.4. The van der Waals surface area contributed by atoms with Crippen molar-refractivity contribution >= 4 is 5.91 Å². The van der Waals surface area contributed by atoms with Crippen LogP contribution in [0.15, 0.2) is 30.3 Å². The summed E-state index contributed by atoms with van der Waals surface area (Å²) in [5.41, 5.74) is 0.